The van der Waals surface area contributed by atoms with E-state index < -0.39 is 23.3 Å². The van der Waals surface area contributed by atoms with Gasteiger partial charge in [-0.3, -0.25) is 9.69 Å². The largest absolute Gasteiger partial charge is 0.497 e. The molecule has 0 aliphatic carbocycles. The number of para-hydroxylation sites is 1. The first kappa shape index (κ1) is 17.7. The van der Waals surface area contributed by atoms with E-state index in [1.807, 2.05) is 0 Å². The van der Waals surface area contributed by atoms with Crippen LogP contribution in [0.4, 0.5) is 9.18 Å². The highest BCUT2D eigenvalue weighted by Crippen LogP contribution is 2.30. The third kappa shape index (κ3) is 3.20. The van der Waals surface area contributed by atoms with Gasteiger partial charge in [0.2, 0.25) is 0 Å². The molecule has 1 aliphatic rings. The van der Waals surface area contributed by atoms with Gasteiger partial charge < -0.3 is 14.8 Å². The summed E-state index contributed by atoms with van der Waals surface area (Å²) in [5, 5.41) is 2.71. The number of nitrogens with one attached hydrogen (secondary N) is 1. The highest BCUT2D eigenvalue weighted by molar-refractivity contribution is 6.07. The Bertz CT molecular complexity index is 842. The van der Waals surface area contributed by atoms with Crippen molar-refractivity contribution in [2.45, 2.75) is 12.5 Å². The Kier molecular flexibility index (Phi) is 4.79. The molecule has 1 saturated heterocycles. The van der Waals surface area contributed by atoms with Crippen LogP contribution in [0.25, 0.3) is 0 Å². The number of hydrogen-bond acceptors (Lipinski definition) is 4. The SMILES string of the molecule is COc1cccc(C2(C)NC(=O)N(CCOc3ccccc3F)C2=O)c1. The Morgan fingerprint density at radius 3 is 2.65 bits per heavy atom. The van der Waals surface area contributed by atoms with Crippen molar-refractivity contribution in [3.8, 4) is 11.5 Å². The number of ether oxygens (including phenoxy) is 2. The number of rotatable bonds is 6. The van der Waals surface area contributed by atoms with Crippen LogP contribution in [0, 0.1) is 5.82 Å². The number of halogens is 1. The van der Waals surface area contributed by atoms with E-state index >= 15 is 0 Å². The Hall–Kier alpha value is -3.09. The summed E-state index contributed by atoms with van der Waals surface area (Å²) in [6.07, 6.45) is 0. The van der Waals surface area contributed by atoms with E-state index in [-0.39, 0.29) is 18.9 Å². The highest BCUT2D eigenvalue weighted by Gasteiger charge is 2.48. The van der Waals surface area contributed by atoms with E-state index in [1.54, 1.807) is 43.3 Å². The lowest BCUT2D eigenvalue weighted by molar-refractivity contribution is -0.131. The average Bonchev–Trinajstić information content (AvgIpc) is 2.87. The Morgan fingerprint density at radius 1 is 1.15 bits per heavy atom. The molecule has 0 spiro atoms. The van der Waals surface area contributed by atoms with Gasteiger partial charge in [-0.2, -0.15) is 0 Å². The lowest BCUT2D eigenvalue weighted by atomic mass is 9.92. The van der Waals surface area contributed by atoms with Crippen LogP contribution in [0.15, 0.2) is 48.5 Å². The fourth-order valence-corrected chi connectivity index (χ4v) is 2.84. The molecule has 136 valence electrons. The summed E-state index contributed by atoms with van der Waals surface area (Å²) in [5.41, 5.74) is -0.573. The van der Waals surface area contributed by atoms with Gasteiger partial charge in [0.05, 0.1) is 13.7 Å². The summed E-state index contributed by atoms with van der Waals surface area (Å²) in [7, 11) is 1.53. The van der Waals surface area contributed by atoms with E-state index in [4.69, 9.17) is 9.47 Å². The molecule has 7 heteroatoms. The van der Waals surface area contributed by atoms with Crippen LogP contribution in [0.5, 0.6) is 11.5 Å². The number of methoxy groups -OCH3 is 1. The Morgan fingerprint density at radius 2 is 1.92 bits per heavy atom. The molecule has 0 radical (unpaired) electrons. The van der Waals surface area contributed by atoms with Crippen molar-refractivity contribution in [3.05, 3.63) is 59.9 Å². The molecule has 2 aromatic rings. The van der Waals surface area contributed by atoms with Gasteiger partial charge >= 0.3 is 6.03 Å². The van der Waals surface area contributed by atoms with E-state index in [0.717, 1.165) is 4.90 Å². The highest BCUT2D eigenvalue weighted by atomic mass is 19.1. The maximum atomic E-state index is 13.6. The van der Waals surface area contributed by atoms with Gasteiger partial charge in [-0.05, 0) is 36.8 Å². The summed E-state index contributed by atoms with van der Waals surface area (Å²) in [5.74, 6) is -0.221. The third-order valence-electron chi connectivity index (χ3n) is 4.33. The summed E-state index contributed by atoms with van der Waals surface area (Å²) < 4.78 is 24.1. The predicted octanol–water partition coefficient (Wildman–Crippen LogP) is 2.68. The number of benzene rings is 2. The number of nitrogens with zero attached hydrogens (tertiary/aromatic N) is 1. The van der Waals surface area contributed by atoms with Gasteiger partial charge in [0.1, 0.15) is 17.9 Å². The van der Waals surface area contributed by atoms with Crippen molar-refractivity contribution >= 4 is 11.9 Å². The number of carbonyl (C=O) groups is 2. The maximum absolute atomic E-state index is 13.6. The van der Waals surface area contributed by atoms with Crippen LogP contribution in [-0.2, 0) is 10.3 Å². The van der Waals surface area contributed by atoms with E-state index in [2.05, 4.69) is 5.32 Å². The molecule has 0 aromatic heterocycles. The molecule has 1 aliphatic heterocycles. The van der Waals surface area contributed by atoms with Crippen molar-refractivity contribution in [1.29, 1.82) is 0 Å². The van der Waals surface area contributed by atoms with Crippen LogP contribution in [0.3, 0.4) is 0 Å². The maximum Gasteiger partial charge on any atom is 0.325 e. The molecule has 0 bridgehead atoms. The normalized spacial score (nSPS) is 19.4. The van der Waals surface area contributed by atoms with Crippen LogP contribution in [0.2, 0.25) is 0 Å². The van der Waals surface area contributed by atoms with E-state index in [0.29, 0.717) is 11.3 Å². The quantitative estimate of drug-likeness (QED) is 0.806. The van der Waals surface area contributed by atoms with Crippen molar-refractivity contribution in [2.24, 2.45) is 0 Å². The molecule has 6 nitrogen and oxygen atoms in total. The zero-order chi connectivity index (χ0) is 18.7. The standard InChI is InChI=1S/C19H19FN2O4/c1-19(13-6-5-7-14(12-13)25-2)17(23)22(18(24)21-19)10-11-26-16-9-4-3-8-15(16)20/h3-9,12H,10-11H2,1-2H3,(H,21,24). The molecule has 2 aromatic carbocycles. The lowest BCUT2D eigenvalue weighted by Gasteiger charge is -2.22. The van der Waals surface area contributed by atoms with Gasteiger partial charge in [-0.25, -0.2) is 9.18 Å². The number of hydrogen-bond donors (Lipinski definition) is 1. The van der Waals surface area contributed by atoms with Crippen molar-refractivity contribution < 1.29 is 23.5 Å². The van der Waals surface area contributed by atoms with Gasteiger partial charge in [-0.1, -0.05) is 24.3 Å². The van der Waals surface area contributed by atoms with Crippen LogP contribution >= 0.6 is 0 Å². The fraction of sp³-hybridized carbons (Fsp3) is 0.263. The zero-order valence-electron chi connectivity index (χ0n) is 14.5. The number of urea groups is 1. The second-order valence-corrected chi connectivity index (χ2v) is 6.02. The molecule has 3 amide bonds. The second kappa shape index (κ2) is 7.03. The molecule has 3 rings (SSSR count). The minimum Gasteiger partial charge on any atom is -0.497 e. The van der Waals surface area contributed by atoms with Crippen molar-refractivity contribution in [2.75, 3.05) is 20.3 Å². The Balaban J connectivity index is 1.71. The molecular formula is C19H19FN2O4. The van der Waals surface area contributed by atoms with E-state index in [1.165, 1.54) is 19.2 Å². The lowest BCUT2D eigenvalue weighted by Crippen LogP contribution is -2.41. The molecule has 1 fully saturated rings. The topological polar surface area (TPSA) is 67.9 Å². The minimum atomic E-state index is -1.19. The summed E-state index contributed by atoms with van der Waals surface area (Å²) in [6, 6.07) is 12.4. The van der Waals surface area contributed by atoms with Crippen LogP contribution in [0.1, 0.15) is 12.5 Å². The monoisotopic (exact) mass is 358 g/mol. The molecule has 1 unspecified atom stereocenters. The van der Waals surface area contributed by atoms with Gasteiger partial charge in [0, 0.05) is 0 Å². The first-order chi connectivity index (χ1) is 12.5. The summed E-state index contributed by atoms with van der Waals surface area (Å²) >= 11 is 0. The molecule has 1 N–H and O–H groups in total. The molecule has 1 heterocycles. The first-order valence-electron chi connectivity index (χ1n) is 8.11. The summed E-state index contributed by atoms with van der Waals surface area (Å²) in [4.78, 5) is 26.2. The first-order valence-corrected chi connectivity index (χ1v) is 8.11. The molecule has 26 heavy (non-hydrogen) atoms. The summed E-state index contributed by atoms with van der Waals surface area (Å²) in [6.45, 7) is 1.65. The fourth-order valence-electron chi connectivity index (χ4n) is 2.84. The van der Waals surface area contributed by atoms with E-state index in [9.17, 15) is 14.0 Å². The van der Waals surface area contributed by atoms with Crippen molar-refractivity contribution in [3.63, 3.8) is 0 Å². The number of imide groups is 1. The van der Waals surface area contributed by atoms with Gasteiger partial charge in [-0.15, -0.1) is 0 Å². The predicted molar refractivity (Wildman–Crippen MR) is 92.5 cm³/mol. The molecule has 0 saturated carbocycles. The smallest absolute Gasteiger partial charge is 0.325 e. The zero-order valence-corrected chi connectivity index (χ0v) is 14.5. The molecule has 1 atom stereocenters. The number of carbonyl (C=O) groups excluding carboxylic acids is 2. The Labute approximate surface area is 150 Å². The second-order valence-electron chi connectivity index (χ2n) is 6.02. The number of amides is 3. The average molecular weight is 358 g/mol. The van der Waals surface area contributed by atoms with Crippen molar-refractivity contribution in [1.82, 2.24) is 10.2 Å². The van der Waals surface area contributed by atoms with Gasteiger partial charge in [0.25, 0.3) is 5.91 Å². The minimum absolute atomic E-state index is 0.00567. The van der Waals surface area contributed by atoms with Crippen LogP contribution < -0.4 is 14.8 Å². The van der Waals surface area contributed by atoms with Crippen LogP contribution in [-0.4, -0.2) is 37.1 Å². The van der Waals surface area contributed by atoms with Gasteiger partial charge in [0.15, 0.2) is 11.6 Å². The molecular weight excluding hydrogens is 339 g/mol. The third-order valence-corrected chi connectivity index (χ3v) is 4.33.